The van der Waals surface area contributed by atoms with Crippen LogP contribution in [0.5, 0.6) is 0 Å². The minimum absolute atomic E-state index is 0.969. The van der Waals surface area contributed by atoms with Crippen molar-refractivity contribution in [2.24, 2.45) is 0 Å². The third kappa shape index (κ3) is 3.30. The Morgan fingerprint density at radius 1 is 1.14 bits per heavy atom. The quantitative estimate of drug-likeness (QED) is 0.484. The third-order valence-corrected chi connectivity index (χ3v) is 7.12. The van der Waals surface area contributed by atoms with Crippen molar-refractivity contribution in [2.75, 3.05) is 6.54 Å². The fourth-order valence-corrected chi connectivity index (χ4v) is 5.56. The van der Waals surface area contributed by atoms with Crippen LogP contribution in [0.1, 0.15) is 33.6 Å². The van der Waals surface area contributed by atoms with E-state index in [0.717, 1.165) is 38.2 Å². The van der Waals surface area contributed by atoms with Gasteiger partial charge in [0.2, 0.25) is 0 Å². The monoisotopic (exact) mass is 401 g/mol. The van der Waals surface area contributed by atoms with Crippen LogP contribution in [0, 0.1) is 20.8 Å². The molecule has 1 aliphatic rings. The Labute approximate surface area is 176 Å². The number of aromatic nitrogens is 2. The van der Waals surface area contributed by atoms with Gasteiger partial charge in [-0.2, -0.15) is 0 Å². The van der Waals surface area contributed by atoms with Gasteiger partial charge in [0.05, 0.1) is 5.52 Å². The van der Waals surface area contributed by atoms with Crippen LogP contribution in [-0.4, -0.2) is 16.1 Å². The van der Waals surface area contributed by atoms with E-state index >= 15 is 0 Å². The number of hydrogen-bond donors (Lipinski definition) is 1. The number of benzene rings is 1. The summed E-state index contributed by atoms with van der Waals surface area (Å²) in [6.45, 7) is 9.52. The van der Waals surface area contributed by atoms with Crippen LogP contribution in [0.2, 0.25) is 0 Å². The second kappa shape index (κ2) is 7.43. The normalized spacial score (nSPS) is 13.8. The van der Waals surface area contributed by atoms with E-state index in [2.05, 4.69) is 64.4 Å². The second-order valence-corrected chi connectivity index (χ2v) is 9.12. The Hall–Kier alpha value is -2.43. The lowest BCUT2D eigenvalue weighted by molar-refractivity contribution is 0.594. The fourth-order valence-electron chi connectivity index (χ4n) is 4.61. The second-order valence-electron chi connectivity index (χ2n) is 8.20. The minimum Gasteiger partial charge on any atom is -0.343 e. The highest BCUT2D eigenvalue weighted by Gasteiger charge is 2.23. The Bertz CT molecular complexity index is 1180. The van der Waals surface area contributed by atoms with Gasteiger partial charge in [-0.3, -0.25) is 4.98 Å². The molecule has 0 radical (unpaired) electrons. The summed E-state index contributed by atoms with van der Waals surface area (Å²) >= 11 is 1.86. The van der Waals surface area contributed by atoms with E-state index in [4.69, 9.17) is 0 Å². The summed E-state index contributed by atoms with van der Waals surface area (Å²) in [5.74, 6) is 0. The van der Waals surface area contributed by atoms with Gasteiger partial charge in [0.15, 0.2) is 0 Å². The lowest BCUT2D eigenvalue weighted by Crippen LogP contribution is -2.24. The lowest BCUT2D eigenvalue weighted by Gasteiger charge is -2.17. The number of pyridine rings is 1. The predicted molar refractivity (Wildman–Crippen MR) is 123 cm³/mol. The molecule has 4 aromatic rings. The van der Waals surface area contributed by atoms with Gasteiger partial charge in [0.1, 0.15) is 0 Å². The van der Waals surface area contributed by atoms with Crippen LogP contribution in [0.25, 0.3) is 21.3 Å². The zero-order valence-electron chi connectivity index (χ0n) is 17.4. The molecule has 4 heteroatoms. The number of rotatable bonds is 4. The highest BCUT2D eigenvalue weighted by Crippen LogP contribution is 2.40. The first kappa shape index (κ1) is 18.6. The first-order chi connectivity index (χ1) is 14.1. The molecular formula is C25H27N3S. The molecule has 0 unspecified atom stereocenters. The first-order valence-electron chi connectivity index (χ1n) is 10.4. The summed E-state index contributed by atoms with van der Waals surface area (Å²) in [6, 6.07) is 11.3. The molecule has 0 amide bonds. The predicted octanol–water partition coefficient (Wildman–Crippen LogP) is 5.58. The zero-order valence-corrected chi connectivity index (χ0v) is 18.2. The van der Waals surface area contributed by atoms with Gasteiger partial charge in [0.25, 0.3) is 0 Å². The van der Waals surface area contributed by atoms with Crippen molar-refractivity contribution < 1.29 is 0 Å². The molecule has 1 aromatic carbocycles. The van der Waals surface area contributed by atoms with Crippen LogP contribution in [0.15, 0.2) is 41.9 Å². The van der Waals surface area contributed by atoms with Crippen molar-refractivity contribution in [3.63, 3.8) is 0 Å². The lowest BCUT2D eigenvalue weighted by atomic mass is 10.0. The number of nitrogens with zero attached hydrogens (tertiary/aromatic N) is 2. The van der Waals surface area contributed by atoms with E-state index in [9.17, 15) is 0 Å². The molecule has 5 rings (SSSR count). The van der Waals surface area contributed by atoms with Crippen LogP contribution < -0.4 is 5.32 Å². The Morgan fingerprint density at radius 2 is 2.03 bits per heavy atom. The van der Waals surface area contributed by atoms with Crippen molar-refractivity contribution in [2.45, 2.75) is 46.7 Å². The highest BCUT2D eigenvalue weighted by atomic mass is 32.1. The zero-order chi connectivity index (χ0) is 20.0. The van der Waals surface area contributed by atoms with Crippen molar-refractivity contribution in [3.8, 4) is 10.4 Å². The van der Waals surface area contributed by atoms with Crippen LogP contribution in [-0.2, 0) is 25.9 Å². The molecule has 0 saturated carbocycles. The SMILES string of the molecule is Cc1cc(-c2sccc2C)c2c(c1)c1c(n2CCc2ccc(C)nc2)CCNC1. The Kier molecular flexibility index (Phi) is 4.76. The van der Waals surface area contributed by atoms with E-state index in [1.54, 1.807) is 0 Å². The van der Waals surface area contributed by atoms with Gasteiger partial charge >= 0.3 is 0 Å². The fraction of sp³-hybridized carbons (Fsp3) is 0.320. The summed E-state index contributed by atoms with van der Waals surface area (Å²) in [6.07, 6.45) is 4.13. The van der Waals surface area contributed by atoms with E-state index in [0.29, 0.717) is 0 Å². The van der Waals surface area contributed by atoms with Crippen molar-refractivity contribution in [3.05, 3.63) is 75.6 Å². The van der Waals surface area contributed by atoms with Gasteiger partial charge in [-0.1, -0.05) is 6.07 Å². The largest absolute Gasteiger partial charge is 0.343 e. The minimum atomic E-state index is 0.969. The Balaban J connectivity index is 1.69. The van der Waals surface area contributed by atoms with Gasteiger partial charge in [0, 0.05) is 59.5 Å². The molecular weight excluding hydrogens is 374 g/mol. The topological polar surface area (TPSA) is 29.9 Å². The van der Waals surface area contributed by atoms with Gasteiger partial charge in [-0.25, -0.2) is 0 Å². The van der Waals surface area contributed by atoms with Gasteiger partial charge in [-0.15, -0.1) is 11.3 Å². The molecule has 29 heavy (non-hydrogen) atoms. The number of nitrogens with one attached hydrogen (secondary N) is 1. The standard InChI is InChI=1S/C25H27N3S/c1-16-12-20-22-15-26-9-6-23(22)28(10-7-19-5-4-18(3)27-14-19)24(20)21(13-16)25-17(2)8-11-29-25/h4-5,8,11-14,26H,6-7,9-10,15H2,1-3H3. The van der Waals surface area contributed by atoms with Crippen molar-refractivity contribution in [1.82, 2.24) is 14.9 Å². The molecule has 3 aromatic heterocycles. The van der Waals surface area contributed by atoms with Crippen LogP contribution in [0.3, 0.4) is 0 Å². The van der Waals surface area contributed by atoms with E-state index in [1.807, 2.05) is 24.5 Å². The van der Waals surface area contributed by atoms with E-state index < -0.39 is 0 Å². The number of fused-ring (bicyclic) bond motifs is 3. The average molecular weight is 402 g/mol. The summed E-state index contributed by atoms with van der Waals surface area (Å²) in [7, 11) is 0. The van der Waals surface area contributed by atoms with Crippen LogP contribution in [0.4, 0.5) is 0 Å². The molecule has 0 spiro atoms. The number of hydrogen-bond acceptors (Lipinski definition) is 3. The van der Waals surface area contributed by atoms with Gasteiger partial charge in [-0.05, 0) is 79.1 Å². The summed E-state index contributed by atoms with van der Waals surface area (Å²) in [5, 5.41) is 7.23. The number of aryl methyl sites for hydroxylation is 5. The molecule has 4 heterocycles. The van der Waals surface area contributed by atoms with Crippen LogP contribution >= 0.6 is 11.3 Å². The van der Waals surface area contributed by atoms with Gasteiger partial charge < -0.3 is 9.88 Å². The molecule has 3 nitrogen and oxygen atoms in total. The molecule has 0 bridgehead atoms. The smallest absolute Gasteiger partial charge is 0.0574 e. The molecule has 0 atom stereocenters. The third-order valence-electron chi connectivity index (χ3n) is 6.07. The van der Waals surface area contributed by atoms with Crippen molar-refractivity contribution in [1.29, 1.82) is 0 Å². The van der Waals surface area contributed by atoms with E-state index in [-0.39, 0.29) is 0 Å². The summed E-state index contributed by atoms with van der Waals surface area (Å²) in [4.78, 5) is 5.90. The summed E-state index contributed by atoms with van der Waals surface area (Å²) in [5.41, 5.74) is 10.9. The molecule has 1 aliphatic heterocycles. The van der Waals surface area contributed by atoms with Crippen molar-refractivity contribution >= 4 is 22.2 Å². The summed E-state index contributed by atoms with van der Waals surface area (Å²) < 4.78 is 2.61. The Morgan fingerprint density at radius 3 is 2.79 bits per heavy atom. The van der Waals surface area contributed by atoms with E-state index in [1.165, 1.54) is 49.3 Å². The highest BCUT2D eigenvalue weighted by molar-refractivity contribution is 7.13. The first-order valence-corrected chi connectivity index (χ1v) is 11.3. The maximum Gasteiger partial charge on any atom is 0.0574 e. The number of thiophene rings is 1. The molecule has 0 aliphatic carbocycles. The molecule has 148 valence electrons. The molecule has 0 saturated heterocycles. The maximum absolute atomic E-state index is 4.49. The molecule has 0 fully saturated rings. The maximum atomic E-state index is 4.49. The average Bonchev–Trinajstić information content (AvgIpc) is 3.28. The molecule has 1 N–H and O–H groups in total.